The summed E-state index contributed by atoms with van der Waals surface area (Å²) in [5.74, 6) is 4.97. The van der Waals surface area contributed by atoms with Crippen LogP contribution in [-0.2, 0) is 6.42 Å². The minimum Gasteiger partial charge on any atom is -0.271 e. The predicted molar refractivity (Wildman–Crippen MR) is 62.6 cm³/mol. The van der Waals surface area contributed by atoms with E-state index in [1.54, 1.807) is 30.3 Å². The molecular weight excluding hydrogens is 243 g/mol. The van der Waals surface area contributed by atoms with Gasteiger partial charge >= 0.3 is 6.18 Å². The standard InChI is InChI=1S/C12H12F3N3/c13-12(14,15)11(18-16)7-8-5-6-17-10-4-2-1-3-9(8)10/h1-6,11,18H,7,16H2. The lowest BCUT2D eigenvalue weighted by Gasteiger charge is -2.19. The smallest absolute Gasteiger partial charge is 0.271 e. The lowest BCUT2D eigenvalue weighted by Crippen LogP contribution is -2.47. The molecule has 3 nitrogen and oxygen atoms in total. The molecule has 0 radical (unpaired) electrons. The van der Waals surface area contributed by atoms with Crippen molar-refractivity contribution < 1.29 is 13.2 Å². The summed E-state index contributed by atoms with van der Waals surface area (Å²) >= 11 is 0. The summed E-state index contributed by atoms with van der Waals surface area (Å²) < 4.78 is 37.9. The first-order chi connectivity index (χ1) is 8.52. The molecule has 0 bridgehead atoms. The molecule has 96 valence electrons. The van der Waals surface area contributed by atoms with E-state index in [-0.39, 0.29) is 6.42 Å². The summed E-state index contributed by atoms with van der Waals surface area (Å²) in [6, 6.07) is 6.90. The number of pyridine rings is 1. The maximum Gasteiger partial charge on any atom is 0.405 e. The van der Waals surface area contributed by atoms with Crippen LogP contribution in [0.2, 0.25) is 0 Å². The molecule has 0 aliphatic carbocycles. The molecule has 0 saturated carbocycles. The van der Waals surface area contributed by atoms with Gasteiger partial charge in [-0.25, -0.2) is 5.43 Å². The number of nitrogens with zero attached hydrogens (tertiary/aromatic N) is 1. The van der Waals surface area contributed by atoms with E-state index in [9.17, 15) is 13.2 Å². The number of para-hydroxylation sites is 1. The van der Waals surface area contributed by atoms with E-state index in [0.29, 0.717) is 16.5 Å². The normalized spacial score (nSPS) is 13.8. The van der Waals surface area contributed by atoms with Crippen molar-refractivity contribution in [3.63, 3.8) is 0 Å². The Labute approximate surface area is 102 Å². The van der Waals surface area contributed by atoms with Crippen LogP contribution in [0.3, 0.4) is 0 Å². The molecule has 2 rings (SSSR count). The second-order valence-electron chi connectivity index (χ2n) is 3.95. The minimum atomic E-state index is -4.38. The summed E-state index contributed by atoms with van der Waals surface area (Å²) in [5, 5.41) is 0.713. The van der Waals surface area contributed by atoms with Crippen molar-refractivity contribution in [1.82, 2.24) is 10.4 Å². The Morgan fingerprint density at radius 2 is 1.94 bits per heavy atom. The predicted octanol–water partition coefficient (Wildman–Crippen LogP) is 2.17. The lowest BCUT2D eigenvalue weighted by atomic mass is 10.0. The number of halogens is 3. The van der Waals surface area contributed by atoms with E-state index in [1.165, 1.54) is 6.20 Å². The zero-order valence-corrected chi connectivity index (χ0v) is 9.41. The lowest BCUT2D eigenvalue weighted by molar-refractivity contribution is -0.155. The molecule has 3 N–H and O–H groups in total. The van der Waals surface area contributed by atoms with Crippen LogP contribution in [0.4, 0.5) is 13.2 Å². The number of fused-ring (bicyclic) bond motifs is 1. The second kappa shape index (κ2) is 4.91. The van der Waals surface area contributed by atoms with Crippen molar-refractivity contribution in [1.29, 1.82) is 0 Å². The fraction of sp³-hybridized carbons (Fsp3) is 0.250. The molecule has 1 heterocycles. The Kier molecular flexibility index (Phi) is 3.49. The van der Waals surface area contributed by atoms with Crippen LogP contribution >= 0.6 is 0 Å². The van der Waals surface area contributed by atoms with Gasteiger partial charge in [0, 0.05) is 11.6 Å². The molecule has 0 amide bonds. The summed E-state index contributed by atoms with van der Waals surface area (Å²) in [6.45, 7) is 0. The molecule has 18 heavy (non-hydrogen) atoms. The highest BCUT2D eigenvalue weighted by Gasteiger charge is 2.39. The van der Waals surface area contributed by atoms with Gasteiger partial charge in [-0.15, -0.1) is 0 Å². The largest absolute Gasteiger partial charge is 0.405 e. The van der Waals surface area contributed by atoms with Gasteiger partial charge in [0.25, 0.3) is 0 Å². The second-order valence-corrected chi connectivity index (χ2v) is 3.95. The third kappa shape index (κ3) is 2.60. The molecule has 6 heteroatoms. The van der Waals surface area contributed by atoms with Crippen molar-refractivity contribution in [2.45, 2.75) is 18.6 Å². The molecule has 0 saturated heterocycles. The van der Waals surface area contributed by atoms with Gasteiger partial charge in [0.2, 0.25) is 0 Å². The third-order valence-electron chi connectivity index (χ3n) is 2.76. The topological polar surface area (TPSA) is 50.9 Å². The molecule has 1 atom stereocenters. The highest BCUT2D eigenvalue weighted by Crippen LogP contribution is 2.25. The number of benzene rings is 1. The first-order valence-corrected chi connectivity index (χ1v) is 5.38. The fourth-order valence-corrected chi connectivity index (χ4v) is 1.82. The van der Waals surface area contributed by atoms with Crippen molar-refractivity contribution in [2.75, 3.05) is 0 Å². The van der Waals surface area contributed by atoms with Gasteiger partial charge in [-0.1, -0.05) is 18.2 Å². The van der Waals surface area contributed by atoms with Crippen LogP contribution in [-0.4, -0.2) is 17.2 Å². The van der Waals surface area contributed by atoms with Crippen LogP contribution in [0.25, 0.3) is 10.9 Å². The SMILES string of the molecule is NNC(Cc1ccnc2ccccc12)C(F)(F)F. The number of hydrogen-bond donors (Lipinski definition) is 2. The highest BCUT2D eigenvalue weighted by molar-refractivity contribution is 5.81. The number of hydrazine groups is 1. The van der Waals surface area contributed by atoms with Gasteiger partial charge in [0.1, 0.15) is 6.04 Å². The highest BCUT2D eigenvalue weighted by atomic mass is 19.4. The van der Waals surface area contributed by atoms with E-state index in [4.69, 9.17) is 5.84 Å². The van der Waals surface area contributed by atoms with Crippen molar-refractivity contribution >= 4 is 10.9 Å². The quantitative estimate of drug-likeness (QED) is 0.653. The van der Waals surface area contributed by atoms with Gasteiger partial charge in [-0.05, 0) is 24.1 Å². The van der Waals surface area contributed by atoms with E-state index < -0.39 is 12.2 Å². The molecule has 1 aromatic carbocycles. The number of nitrogens with one attached hydrogen (secondary N) is 1. The van der Waals surface area contributed by atoms with Crippen LogP contribution < -0.4 is 11.3 Å². The van der Waals surface area contributed by atoms with E-state index >= 15 is 0 Å². The number of rotatable bonds is 3. The molecule has 0 fully saturated rings. The fourth-order valence-electron chi connectivity index (χ4n) is 1.82. The molecule has 2 aromatic rings. The Bertz CT molecular complexity index is 534. The number of nitrogens with two attached hydrogens (primary N) is 1. The Morgan fingerprint density at radius 1 is 1.22 bits per heavy atom. The monoisotopic (exact) mass is 255 g/mol. The van der Waals surface area contributed by atoms with E-state index in [0.717, 1.165) is 0 Å². The summed E-state index contributed by atoms with van der Waals surface area (Å²) in [6.07, 6.45) is -3.09. The third-order valence-corrected chi connectivity index (χ3v) is 2.76. The maximum atomic E-state index is 12.6. The summed E-state index contributed by atoms with van der Waals surface area (Å²) in [7, 11) is 0. The molecular formula is C12H12F3N3. The molecule has 0 spiro atoms. The Hall–Kier alpha value is -1.66. The average molecular weight is 255 g/mol. The zero-order valence-electron chi connectivity index (χ0n) is 9.41. The van der Waals surface area contributed by atoms with Crippen molar-refractivity contribution in [3.8, 4) is 0 Å². The molecule has 1 unspecified atom stereocenters. The Balaban J connectivity index is 2.37. The van der Waals surface area contributed by atoms with Gasteiger partial charge in [-0.2, -0.15) is 13.2 Å². The van der Waals surface area contributed by atoms with Gasteiger partial charge in [0.05, 0.1) is 5.52 Å². The zero-order chi connectivity index (χ0) is 13.2. The van der Waals surface area contributed by atoms with Gasteiger partial charge in [0.15, 0.2) is 0 Å². The van der Waals surface area contributed by atoms with E-state index in [2.05, 4.69) is 4.98 Å². The van der Waals surface area contributed by atoms with Crippen molar-refractivity contribution in [3.05, 3.63) is 42.1 Å². The van der Waals surface area contributed by atoms with Gasteiger partial charge < -0.3 is 0 Å². The van der Waals surface area contributed by atoms with Gasteiger partial charge in [-0.3, -0.25) is 10.8 Å². The van der Waals surface area contributed by atoms with E-state index in [1.807, 2.05) is 5.43 Å². The summed E-state index contributed by atoms with van der Waals surface area (Å²) in [5.41, 5.74) is 3.05. The molecule has 0 aliphatic heterocycles. The Morgan fingerprint density at radius 3 is 2.61 bits per heavy atom. The van der Waals surface area contributed by atoms with Crippen LogP contribution in [0, 0.1) is 0 Å². The minimum absolute atomic E-state index is 0.219. The van der Waals surface area contributed by atoms with Crippen molar-refractivity contribution in [2.24, 2.45) is 5.84 Å². The average Bonchev–Trinajstić information content (AvgIpc) is 2.34. The van der Waals surface area contributed by atoms with Crippen LogP contribution in [0.15, 0.2) is 36.5 Å². The summed E-state index contributed by atoms with van der Waals surface area (Å²) in [4.78, 5) is 4.10. The number of hydrogen-bond acceptors (Lipinski definition) is 3. The molecule has 0 aliphatic rings. The van der Waals surface area contributed by atoms with Crippen LogP contribution in [0.5, 0.6) is 0 Å². The maximum absolute atomic E-state index is 12.6. The number of alkyl halides is 3. The van der Waals surface area contributed by atoms with Crippen LogP contribution in [0.1, 0.15) is 5.56 Å². The first kappa shape index (κ1) is 12.8. The number of aromatic nitrogens is 1. The first-order valence-electron chi connectivity index (χ1n) is 5.38. The molecule has 1 aromatic heterocycles.